The largest absolute Gasteiger partial charge is 0.490 e. The standard InChI is InChI=1S/C14H22N2O2/c1-11-6-7-16(13(11)10-17)8-9-18-14-5-3-2-4-12(14)15/h2-5,11,13,17H,6-10,15H2,1H3. The van der Waals surface area contributed by atoms with Crippen LogP contribution in [0.3, 0.4) is 0 Å². The molecule has 1 saturated heterocycles. The van der Waals surface area contributed by atoms with Crippen LogP contribution in [0.5, 0.6) is 5.75 Å². The number of nitrogen functional groups attached to an aromatic ring is 1. The van der Waals surface area contributed by atoms with Crippen molar-refractivity contribution in [2.24, 2.45) is 5.92 Å². The fourth-order valence-corrected chi connectivity index (χ4v) is 2.55. The van der Waals surface area contributed by atoms with Gasteiger partial charge in [0.25, 0.3) is 0 Å². The summed E-state index contributed by atoms with van der Waals surface area (Å²) in [6.07, 6.45) is 1.15. The number of nitrogens with two attached hydrogens (primary N) is 1. The molecule has 18 heavy (non-hydrogen) atoms. The average molecular weight is 250 g/mol. The molecule has 1 fully saturated rings. The zero-order valence-corrected chi connectivity index (χ0v) is 10.9. The van der Waals surface area contributed by atoms with Crippen molar-refractivity contribution in [1.29, 1.82) is 0 Å². The lowest BCUT2D eigenvalue weighted by molar-refractivity contribution is 0.123. The quantitative estimate of drug-likeness (QED) is 0.775. The van der Waals surface area contributed by atoms with Gasteiger partial charge in [-0.15, -0.1) is 0 Å². The third-order valence-electron chi connectivity index (χ3n) is 3.74. The molecule has 100 valence electrons. The molecule has 0 bridgehead atoms. The van der Waals surface area contributed by atoms with Gasteiger partial charge in [0.05, 0.1) is 12.3 Å². The van der Waals surface area contributed by atoms with Gasteiger partial charge in [0, 0.05) is 12.6 Å². The zero-order valence-electron chi connectivity index (χ0n) is 10.9. The monoisotopic (exact) mass is 250 g/mol. The number of likely N-dealkylation sites (tertiary alicyclic amines) is 1. The van der Waals surface area contributed by atoms with Crippen molar-refractivity contribution in [3.05, 3.63) is 24.3 Å². The number of rotatable bonds is 5. The van der Waals surface area contributed by atoms with Crippen molar-refractivity contribution in [1.82, 2.24) is 4.90 Å². The summed E-state index contributed by atoms with van der Waals surface area (Å²) in [5.41, 5.74) is 6.48. The lowest BCUT2D eigenvalue weighted by Gasteiger charge is -2.24. The summed E-state index contributed by atoms with van der Waals surface area (Å²) in [6, 6.07) is 7.81. The molecule has 0 aliphatic carbocycles. The van der Waals surface area contributed by atoms with Crippen LogP contribution in [0.25, 0.3) is 0 Å². The maximum absolute atomic E-state index is 9.36. The minimum Gasteiger partial charge on any atom is -0.490 e. The molecule has 4 heteroatoms. The summed E-state index contributed by atoms with van der Waals surface area (Å²) < 4.78 is 5.68. The normalized spacial score (nSPS) is 24.3. The zero-order chi connectivity index (χ0) is 13.0. The third kappa shape index (κ3) is 2.94. The molecule has 1 aliphatic rings. The first kappa shape index (κ1) is 13.2. The first-order valence-electron chi connectivity index (χ1n) is 6.54. The van der Waals surface area contributed by atoms with Crippen molar-refractivity contribution in [2.75, 3.05) is 32.0 Å². The molecule has 0 spiro atoms. The van der Waals surface area contributed by atoms with E-state index in [4.69, 9.17) is 10.5 Å². The molecule has 2 atom stereocenters. The van der Waals surface area contributed by atoms with Crippen LogP contribution in [0, 0.1) is 5.92 Å². The number of aliphatic hydroxyl groups excluding tert-OH is 1. The van der Waals surface area contributed by atoms with Crippen LogP contribution in [0.2, 0.25) is 0 Å². The Morgan fingerprint density at radius 1 is 1.44 bits per heavy atom. The van der Waals surface area contributed by atoms with Gasteiger partial charge in [-0.2, -0.15) is 0 Å². The summed E-state index contributed by atoms with van der Waals surface area (Å²) in [4.78, 5) is 2.30. The lowest BCUT2D eigenvalue weighted by atomic mass is 10.0. The Labute approximate surface area is 108 Å². The minimum atomic E-state index is 0.231. The van der Waals surface area contributed by atoms with Crippen molar-refractivity contribution in [3.8, 4) is 5.75 Å². The van der Waals surface area contributed by atoms with Gasteiger partial charge in [0.1, 0.15) is 12.4 Å². The fourth-order valence-electron chi connectivity index (χ4n) is 2.55. The van der Waals surface area contributed by atoms with Gasteiger partial charge in [-0.1, -0.05) is 19.1 Å². The third-order valence-corrected chi connectivity index (χ3v) is 3.74. The van der Waals surface area contributed by atoms with Crippen LogP contribution in [0.15, 0.2) is 24.3 Å². The Morgan fingerprint density at radius 3 is 2.94 bits per heavy atom. The van der Waals surface area contributed by atoms with E-state index in [0.29, 0.717) is 18.2 Å². The van der Waals surface area contributed by atoms with Gasteiger partial charge in [-0.05, 0) is 31.0 Å². The number of ether oxygens (including phenoxy) is 1. The predicted molar refractivity (Wildman–Crippen MR) is 72.6 cm³/mol. The van der Waals surface area contributed by atoms with E-state index in [2.05, 4.69) is 11.8 Å². The SMILES string of the molecule is CC1CCN(CCOc2ccccc2N)C1CO. The Bertz CT molecular complexity index is 384. The van der Waals surface area contributed by atoms with Crippen molar-refractivity contribution >= 4 is 5.69 Å². The molecule has 3 N–H and O–H groups in total. The topological polar surface area (TPSA) is 58.7 Å². The van der Waals surface area contributed by atoms with E-state index in [0.717, 1.165) is 25.3 Å². The minimum absolute atomic E-state index is 0.231. The fraction of sp³-hybridized carbons (Fsp3) is 0.571. The van der Waals surface area contributed by atoms with Gasteiger partial charge in [-0.3, -0.25) is 4.90 Å². The van der Waals surface area contributed by atoms with Crippen LogP contribution < -0.4 is 10.5 Å². The molecule has 1 aromatic carbocycles. The molecule has 2 rings (SSSR count). The first-order valence-corrected chi connectivity index (χ1v) is 6.54. The van der Waals surface area contributed by atoms with Crippen LogP contribution in [-0.2, 0) is 0 Å². The summed E-state index contributed by atoms with van der Waals surface area (Å²) in [5, 5.41) is 9.36. The first-order chi connectivity index (χ1) is 8.72. The maximum atomic E-state index is 9.36. The Balaban J connectivity index is 1.81. The van der Waals surface area contributed by atoms with Gasteiger partial charge in [-0.25, -0.2) is 0 Å². The van der Waals surface area contributed by atoms with Gasteiger partial charge < -0.3 is 15.6 Å². The molecular weight excluding hydrogens is 228 g/mol. The van der Waals surface area contributed by atoms with E-state index in [9.17, 15) is 5.11 Å². The highest BCUT2D eigenvalue weighted by molar-refractivity contribution is 5.51. The average Bonchev–Trinajstić information content (AvgIpc) is 2.72. The van der Waals surface area contributed by atoms with Gasteiger partial charge in [0.2, 0.25) is 0 Å². The van der Waals surface area contributed by atoms with Crippen molar-refractivity contribution in [3.63, 3.8) is 0 Å². The number of nitrogens with zero attached hydrogens (tertiary/aromatic N) is 1. The molecule has 1 aliphatic heterocycles. The number of benzene rings is 1. The van der Waals surface area contributed by atoms with Crippen molar-refractivity contribution < 1.29 is 9.84 Å². The van der Waals surface area contributed by atoms with Crippen LogP contribution in [-0.4, -0.2) is 42.4 Å². The van der Waals surface area contributed by atoms with Gasteiger partial charge in [0.15, 0.2) is 0 Å². The number of para-hydroxylation sites is 2. The maximum Gasteiger partial charge on any atom is 0.142 e. The van der Waals surface area contributed by atoms with E-state index in [1.165, 1.54) is 0 Å². The molecule has 0 amide bonds. The molecule has 1 heterocycles. The lowest BCUT2D eigenvalue weighted by Crippen LogP contribution is -2.37. The summed E-state index contributed by atoms with van der Waals surface area (Å²) in [6.45, 7) is 4.91. The second-order valence-corrected chi connectivity index (χ2v) is 4.94. The second kappa shape index (κ2) is 6.07. The molecular formula is C14H22N2O2. The Morgan fingerprint density at radius 2 is 2.22 bits per heavy atom. The molecule has 4 nitrogen and oxygen atoms in total. The molecule has 0 aromatic heterocycles. The van der Waals surface area contributed by atoms with E-state index in [-0.39, 0.29) is 12.6 Å². The van der Waals surface area contributed by atoms with E-state index >= 15 is 0 Å². The smallest absolute Gasteiger partial charge is 0.142 e. The number of hydrogen-bond acceptors (Lipinski definition) is 4. The highest BCUT2D eigenvalue weighted by atomic mass is 16.5. The van der Waals surface area contributed by atoms with E-state index < -0.39 is 0 Å². The number of anilines is 1. The number of hydrogen-bond donors (Lipinski definition) is 2. The second-order valence-electron chi connectivity index (χ2n) is 4.94. The molecule has 1 aromatic rings. The summed E-state index contributed by atoms with van der Waals surface area (Å²) in [5.74, 6) is 1.31. The van der Waals surface area contributed by atoms with Crippen LogP contribution in [0.1, 0.15) is 13.3 Å². The molecule has 0 saturated carbocycles. The van der Waals surface area contributed by atoms with E-state index in [1.54, 1.807) is 0 Å². The van der Waals surface area contributed by atoms with Crippen LogP contribution >= 0.6 is 0 Å². The van der Waals surface area contributed by atoms with Gasteiger partial charge >= 0.3 is 0 Å². The Hall–Kier alpha value is -1.26. The number of aliphatic hydroxyl groups is 1. The van der Waals surface area contributed by atoms with E-state index in [1.807, 2.05) is 24.3 Å². The Kier molecular flexibility index (Phi) is 4.44. The predicted octanol–water partition coefficient (Wildman–Crippen LogP) is 1.35. The van der Waals surface area contributed by atoms with Crippen LogP contribution in [0.4, 0.5) is 5.69 Å². The highest BCUT2D eigenvalue weighted by Gasteiger charge is 2.29. The highest BCUT2D eigenvalue weighted by Crippen LogP contribution is 2.24. The molecule has 0 radical (unpaired) electrons. The summed E-state index contributed by atoms with van der Waals surface area (Å²) >= 11 is 0. The van der Waals surface area contributed by atoms with Crippen molar-refractivity contribution in [2.45, 2.75) is 19.4 Å². The molecule has 2 unspecified atom stereocenters. The summed E-state index contributed by atoms with van der Waals surface area (Å²) in [7, 11) is 0.